The summed E-state index contributed by atoms with van der Waals surface area (Å²) in [5.41, 5.74) is 3.81. The van der Waals surface area contributed by atoms with Crippen LogP contribution in [-0.2, 0) is 26.5 Å². The van der Waals surface area contributed by atoms with Gasteiger partial charge >= 0.3 is 21.1 Å². The Kier molecular flexibility index (Phi) is 5.45. The zero-order chi connectivity index (χ0) is 22.4. The largest absolute Gasteiger partial charge is 2.00 e. The van der Waals surface area contributed by atoms with Gasteiger partial charge in [-0.15, -0.1) is 0 Å². The minimum absolute atomic E-state index is 0. The molecule has 10 nitrogen and oxygen atoms in total. The third-order valence-corrected chi connectivity index (χ3v) is 5.52. The average molecular weight is 628 g/mol. The van der Waals surface area contributed by atoms with Crippen molar-refractivity contribution in [2.45, 2.75) is 19.3 Å². The van der Waals surface area contributed by atoms with E-state index in [-0.39, 0.29) is 21.1 Å². The maximum absolute atomic E-state index is 4.90. The normalized spacial score (nSPS) is 11.6. The molecule has 0 aliphatic heterocycles. The van der Waals surface area contributed by atoms with E-state index in [2.05, 4.69) is 56.4 Å². The first kappa shape index (κ1) is 21.9. The number of aromatic nitrogens is 10. The fourth-order valence-corrected chi connectivity index (χ4v) is 3.68. The number of hydrogen-bond donors (Lipinski definition) is 0. The maximum Gasteiger partial charge on any atom is 2.00 e. The molecule has 0 bridgehead atoms. The number of nitrogens with zero attached hydrogens (tertiary/aromatic N) is 10. The van der Waals surface area contributed by atoms with Crippen molar-refractivity contribution in [2.75, 3.05) is 0 Å². The van der Waals surface area contributed by atoms with Crippen molar-refractivity contribution < 1.29 is 21.1 Å². The van der Waals surface area contributed by atoms with Crippen LogP contribution in [0.15, 0.2) is 61.4 Å². The molecule has 6 rings (SSSR count). The summed E-state index contributed by atoms with van der Waals surface area (Å²) < 4.78 is 3.46. The standard InChI is InChI=1S/C23H16N10.Pt/c1-23(2,17-5-3-7-19(30-17)32-13-28-15-9-24-11-26-21(15)32)18-6-4-8-20(31-18)33-14-29-16-10-25-12-27-22(16)33;/h3-12H,1-2H3;/q-2;+2. The van der Waals surface area contributed by atoms with E-state index in [1.165, 1.54) is 12.7 Å². The summed E-state index contributed by atoms with van der Waals surface area (Å²) in [6, 6.07) is 11.7. The monoisotopic (exact) mass is 627 g/mol. The van der Waals surface area contributed by atoms with Crippen molar-refractivity contribution in [2.24, 2.45) is 0 Å². The van der Waals surface area contributed by atoms with E-state index in [1.54, 1.807) is 21.5 Å². The molecular weight excluding hydrogens is 611 g/mol. The molecule has 6 aromatic rings. The van der Waals surface area contributed by atoms with Gasteiger partial charge in [0.25, 0.3) is 0 Å². The molecule has 0 spiro atoms. The summed E-state index contributed by atoms with van der Waals surface area (Å²) in [5.74, 6) is 1.34. The van der Waals surface area contributed by atoms with Gasteiger partial charge in [0.05, 0.1) is 11.6 Å². The average Bonchev–Trinajstić information content (AvgIpc) is 3.49. The first-order chi connectivity index (χ1) is 16.1. The molecule has 0 aliphatic rings. The van der Waals surface area contributed by atoms with E-state index in [0.29, 0.717) is 34.0 Å². The van der Waals surface area contributed by atoms with E-state index in [4.69, 9.17) is 9.97 Å². The van der Waals surface area contributed by atoms with Crippen LogP contribution in [0.2, 0.25) is 0 Å². The minimum atomic E-state index is -0.497. The van der Waals surface area contributed by atoms with Crippen LogP contribution in [0.1, 0.15) is 25.2 Å². The third-order valence-electron chi connectivity index (χ3n) is 5.52. The van der Waals surface area contributed by atoms with Crippen LogP contribution < -0.4 is 0 Å². The van der Waals surface area contributed by atoms with Crippen molar-refractivity contribution in [3.63, 3.8) is 0 Å². The van der Waals surface area contributed by atoms with Gasteiger partial charge in [-0.1, -0.05) is 24.3 Å². The smallest absolute Gasteiger partial charge is 0.396 e. The van der Waals surface area contributed by atoms with Gasteiger partial charge in [0.15, 0.2) is 0 Å². The Bertz CT molecular complexity index is 1500. The Morgan fingerprint density at radius 1 is 0.706 bits per heavy atom. The topological polar surface area (TPSA) is 113 Å². The second kappa shape index (κ2) is 8.46. The molecule has 0 fully saturated rings. The van der Waals surface area contributed by atoms with Gasteiger partial charge in [0.2, 0.25) is 0 Å². The molecule has 0 amide bonds. The van der Waals surface area contributed by atoms with Gasteiger partial charge in [0.1, 0.15) is 12.7 Å². The summed E-state index contributed by atoms with van der Waals surface area (Å²) in [7, 11) is 0. The van der Waals surface area contributed by atoms with Crippen molar-refractivity contribution in [3.8, 4) is 11.6 Å². The molecule has 6 heterocycles. The molecule has 0 radical (unpaired) electrons. The number of hydrogen-bond acceptors (Lipinski definition) is 8. The maximum atomic E-state index is 4.90. The molecule has 0 atom stereocenters. The number of fused-ring (bicyclic) bond motifs is 2. The molecule has 11 heteroatoms. The first-order valence-corrected chi connectivity index (χ1v) is 10.2. The molecule has 0 N–H and O–H groups in total. The third kappa shape index (κ3) is 3.56. The summed E-state index contributed by atoms with van der Waals surface area (Å²) >= 11 is 0. The molecule has 0 aliphatic carbocycles. The van der Waals surface area contributed by atoms with Crippen LogP contribution >= 0.6 is 0 Å². The summed E-state index contributed by atoms with van der Waals surface area (Å²) in [6.45, 7) is 4.17. The number of imidazole rings is 2. The molecule has 0 saturated carbocycles. The Balaban J connectivity index is 0.00000241. The van der Waals surface area contributed by atoms with Crippen molar-refractivity contribution in [1.82, 2.24) is 49.0 Å². The molecule has 0 aromatic carbocycles. The van der Waals surface area contributed by atoms with Gasteiger partial charge in [-0.2, -0.15) is 0 Å². The second-order valence-corrected chi connectivity index (χ2v) is 7.94. The van der Waals surface area contributed by atoms with E-state index in [9.17, 15) is 0 Å². The first-order valence-electron chi connectivity index (χ1n) is 10.2. The molecule has 0 saturated heterocycles. The van der Waals surface area contributed by atoms with E-state index in [1.807, 2.05) is 36.4 Å². The molecule has 6 aromatic heterocycles. The Morgan fingerprint density at radius 2 is 1.18 bits per heavy atom. The van der Waals surface area contributed by atoms with E-state index >= 15 is 0 Å². The van der Waals surface area contributed by atoms with Crippen LogP contribution in [0.4, 0.5) is 0 Å². The van der Waals surface area contributed by atoms with Gasteiger partial charge in [0, 0.05) is 64.2 Å². The Labute approximate surface area is 208 Å². The van der Waals surface area contributed by atoms with Gasteiger partial charge in [-0.25, -0.2) is 0 Å². The SMILES string of the molecule is CC(C)(c1cccc(-n2[c-]nc3cncnc32)n1)c1cccc(-n2[c-]nc3cncnc32)n1.[Pt+2]. The van der Waals surface area contributed by atoms with Crippen LogP contribution in [-0.4, -0.2) is 49.0 Å². The van der Waals surface area contributed by atoms with Crippen molar-refractivity contribution >= 4 is 22.3 Å². The van der Waals surface area contributed by atoms with Crippen LogP contribution in [0.3, 0.4) is 0 Å². The summed E-state index contributed by atoms with van der Waals surface area (Å²) in [6.07, 6.45) is 12.2. The molecule has 34 heavy (non-hydrogen) atoms. The van der Waals surface area contributed by atoms with Gasteiger partial charge in [-0.3, -0.25) is 29.9 Å². The predicted octanol–water partition coefficient (Wildman–Crippen LogP) is 2.66. The quantitative estimate of drug-likeness (QED) is 0.275. The number of pyridine rings is 2. The Hall–Kier alpha value is -3.91. The van der Waals surface area contributed by atoms with Crippen LogP contribution in [0.5, 0.6) is 0 Å². The fourth-order valence-electron chi connectivity index (χ4n) is 3.68. The fraction of sp³-hybridized carbons (Fsp3) is 0.130. The van der Waals surface area contributed by atoms with Crippen molar-refractivity contribution in [3.05, 3.63) is 85.5 Å². The number of rotatable bonds is 4. The molecule has 0 unspecified atom stereocenters. The van der Waals surface area contributed by atoms with Crippen LogP contribution in [0.25, 0.3) is 34.0 Å². The van der Waals surface area contributed by atoms with Gasteiger partial charge in [-0.05, 0) is 26.0 Å². The predicted molar refractivity (Wildman–Crippen MR) is 119 cm³/mol. The summed E-state index contributed by atoms with van der Waals surface area (Å²) in [4.78, 5) is 35.0. The zero-order valence-electron chi connectivity index (χ0n) is 18.1. The second-order valence-electron chi connectivity index (χ2n) is 7.94. The van der Waals surface area contributed by atoms with E-state index in [0.717, 1.165) is 11.4 Å². The van der Waals surface area contributed by atoms with Crippen LogP contribution in [0, 0.1) is 12.7 Å². The summed E-state index contributed by atoms with van der Waals surface area (Å²) in [5, 5.41) is 0. The Morgan fingerprint density at radius 3 is 1.65 bits per heavy atom. The molecule has 168 valence electrons. The van der Waals surface area contributed by atoms with Crippen molar-refractivity contribution in [1.29, 1.82) is 0 Å². The zero-order valence-corrected chi connectivity index (χ0v) is 20.3. The molecular formula is C23H16N10Pt. The minimum Gasteiger partial charge on any atom is -0.396 e. The van der Waals surface area contributed by atoms with Gasteiger partial charge < -0.3 is 19.1 Å². The van der Waals surface area contributed by atoms with E-state index < -0.39 is 5.41 Å².